The summed E-state index contributed by atoms with van der Waals surface area (Å²) in [4.78, 5) is 38.5. The van der Waals surface area contributed by atoms with E-state index in [1.54, 1.807) is 0 Å². The van der Waals surface area contributed by atoms with Gasteiger partial charge in [0.1, 0.15) is 5.71 Å². The fourth-order valence-corrected chi connectivity index (χ4v) is 1.46. The van der Waals surface area contributed by atoms with E-state index in [0.29, 0.717) is 0 Å². The van der Waals surface area contributed by atoms with Crippen molar-refractivity contribution in [2.75, 3.05) is 0 Å². The highest BCUT2D eigenvalue weighted by atomic mass is 16.7. The normalized spacial score (nSPS) is 29.3. The van der Waals surface area contributed by atoms with E-state index < -0.39 is 28.9 Å². The number of carboxylic acids is 1. The lowest BCUT2D eigenvalue weighted by molar-refractivity contribution is -0.176. The van der Waals surface area contributed by atoms with Gasteiger partial charge in [-0.2, -0.15) is 0 Å². The molecular formula is C10H11NO6. The number of hydrogen-bond donors (Lipinski definition) is 1. The van der Waals surface area contributed by atoms with Crippen LogP contribution < -0.4 is 0 Å². The number of carbonyl (C=O) groups is 3. The SMILES string of the molecule is CC1=NOC(=O)C1(C)OC(=O)C1(C(=O)O)CC1. The van der Waals surface area contributed by atoms with Crippen molar-refractivity contribution in [3.8, 4) is 0 Å². The molecule has 7 heteroatoms. The zero-order valence-electron chi connectivity index (χ0n) is 9.35. The van der Waals surface area contributed by atoms with Gasteiger partial charge in [-0.15, -0.1) is 0 Å². The monoisotopic (exact) mass is 241 g/mol. The second kappa shape index (κ2) is 3.28. The second-order valence-electron chi connectivity index (χ2n) is 4.37. The second-order valence-corrected chi connectivity index (χ2v) is 4.37. The largest absolute Gasteiger partial charge is 0.480 e. The maximum atomic E-state index is 11.8. The predicted octanol–water partition coefficient (Wildman–Crippen LogP) is 0.0858. The molecule has 1 unspecified atom stereocenters. The van der Waals surface area contributed by atoms with Crippen molar-refractivity contribution in [2.45, 2.75) is 32.3 Å². The first kappa shape index (κ1) is 11.6. The fourth-order valence-electron chi connectivity index (χ4n) is 1.46. The van der Waals surface area contributed by atoms with Gasteiger partial charge in [0.05, 0.1) is 0 Å². The van der Waals surface area contributed by atoms with Crippen molar-refractivity contribution in [2.24, 2.45) is 10.6 Å². The summed E-state index contributed by atoms with van der Waals surface area (Å²) in [7, 11) is 0. The van der Waals surface area contributed by atoms with Crippen LogP contribution in [0.5, 0.6) is 0 Å². The molecule has 0 aromatic heterocycles. The Kier molecular flexibility index (Phi) is 2.23. The molecule has 1 fully saturated rings. The van der Waals surface area contributed by atoms with E-state index in [9.17, 15) is 14.4 Å². The quantitative estimate of drug-likeness (QED) is 0.426. The highest BCUT2D eigenvalue weighted by Crippen LogP contribution is 2.48. The summed E-state index contributed by atoms with van der Waals surface area (Å²) in [5.74, 6) is -2.96. The molecule has 1 saturated carbocycles. The van der Waals surface area contributed by atoms with Crippen LogP contribution in [0.15, 0.2) is 5.16 Å². The van der Waals surface area contributed by atoms with Gasteiger partial charge in [-0.25, -0.2) is 4.79 Å². The Morgan fingerprint density at radius 3 is 2.41 bits per heavy atom. The summed E-state index contributed by atoms with van der Waals surface area (Å²) >= 11 is 0. The molecule has 0 amide bonds. The van der Waals surface area contributed by atoms with Crippen molar-refractivity contribution in [1.29, 1.82) is 0 Å². The summed E-state index contributed by atoms with van der Waals surface area (Å²) in [6.45, 7) is 2.80. The van der Waals surface area contributed by atoms with Gasteiger partial charge in [-0.05, 0) is 26.7 Å². The zero-order chi connectivity index (χ0) is 12.8. The molecule has 1 aliphatic heterocycles. The van der Waals surface area contributed by atoms with Gasteiger partial charge in [-0.1, -0.05) is 5.16 Å². The molecule has 0 aromatic rings. The first-order valence-corrected chi connectivity index (χ1v) is 5.06. The number of rotatable bonds is 3. The van der Waals surface area contributed by atoms with Gasteiger partial charge in [0.2, 0.25) is 5.60 Å². The van der Waals surface area contributed by atoms with Crippen molar-refractivity contribution in [3.63, 3.8) is 0 Å². The van der Waals surface area contributed by atoms with E-state index in [2.05, 4.69) is 9.99 Å². The first-order chi connectivity index (χ1) is 7.83. The van der Waals surface area contributed by atoms with Crippen molar-refractivity contribution >= 4 is 23.6 Å². The van der Waals surface area contributed by atoms with Gasteiger partial charge >= 0.3 is 17.9 Å². The van der Waals surface area contributed by atoms with Crippen molar-refractivity contribution < 1.29 is 29.1 Å². The molecule has 1 atom stereocenters. The maximum Gasteiger partial charge on any atom is 0.383 e. The Bertz CT molecular complexity index is 450. The van der Waals surface area contributed by atoms with E-state index >= 15 is 0 Å². The molecule has 92 valence electrons. The topological polar surface area (TPSA) is 102 Å². The minimum absolute atomic E-state index is 0.192. The molecule has 0 saturated heterocycles. The number of hydrogen-bond acceptors (Lipinski definition) is 6. The highest BCUT2D eigenvalue weighted by molar-refractivity contribution is 6.13. The number of carbonyl (C=O) groups excluding carboxylic acids is 2. The third kappa shape index (κ3) is 1.49. The Morgan fingerprint density at radius 1 is 1.47 bits per heavy atom. The van der Waals surface area contributed by atoms with E-state index in [1.807, 2.05) is 0 Å². The zero-order valence-corrected chi connectivity index (χ0v) is 9.35. The molecule has 0 spiro atoms. The predicted molar refractivity (Wildman–Crippen MR) is 53.0 cm³/mol. The third-order valence-electron chi connectivity index (χ3n) is 3.19. The lowest BCUT2D eigenvalue weighted by atomic mass is 10.0. The first-order valence-electron chi connectivity index (χ1n) is 5.06. The molecule has 0 aromatic carbocycles. The molecule has 1 aliphatic carbocycles. The number of ether oxygens (including phenoxy) is 1. The van der Waals surface area contributed by atoms with E-state index in [1.165, 1.54) is 13.8 Å². The number of oxime groups is 1. The Labute approximate surface area is 96.4 Å². The number of aliphatic carboxylic acids is 1. The summed E-state index contributed by atoms with van der Waals surface area (Å²) in [6.07, 6.45) is 0.449. The smallest absolute Gasteiger partial charge is 0.383 e. The number of esters is 1. The summed E-state index contributed by atoms with van der Waals surface area (Å²) in [5, 5.41) is 12.3. The molecular weight excluding hydrogens is 230 g/mol. The molecule has 2 aliphatic rings. The van der Waals surface area contributed by atoms with Gasteiger partial charge < -0.3 is 14.7 Å². The van der Waals surface area contributed by atoms with E-state index in [0.717, 1.165) is 0 Å². The molecule has 1 N–H and O–H groups in total. The average molecular weight is 241 g/mol. The summed E-state index contributed by atoms with van der Waals surface area (Å²) < 4.78 is 4.99. The standard InChI is InChI=1S/C10H11NO6/c1-5-9(2,7(14)17-11-5)16-8(15)10(3-4-10)6(12)13/h3-4H2,1-2H3,(H,12,13). The lowest BCUT2D eigenvalue weighted by Crippen LogP contribution is -2.46. The van der Waals surface area contributed by atoms with Crippen LogP contribution in [0.4, 0.5) is 0 Å². The fraction of sp³-hybridized carbons (Fsp3) is 0.600. The van der Waals surface area contributed by atoms with Crippen LogP contribution in [-0.4, -0.2) is 34.3 Å². The number of carboxylic acid groups (broad SMARTS) is 1. The average Bonchev–Trinajstić information content (AvgIpc) is 3.01. The van der Waals surface area contributed by atoms with Crippen LogP contribution in [-0.2, 0) is 24.0 Å². The minimum atomic E-state index is -1.61. The molecule has 17 heavy (non-hydrogen) atoms. The van der Waals surface area contributed by atoms with Crippen LogP contribution in [0, 0.1) is 5.41 Å². The lowest BCUT2D eigenvalue weighted by Gasteiger charge is -2.22. The molecule has 2 rings (SSSR count). The van der Waals surface area contributed by atoms with Crippen LogP contribution in [0.25, 0.3) is 0 Å². The van der Waals surface area contributed by atoms with Gasteiger partial charge in [0.15, 0.2) is 5.41 Å². The van der Waals surface area contributed by atoms with Crippen molar-refractivity contribution in [1.82, 2.24) is 0 Å². The summed E-state index contributed by atoms with van der Waals surface area (Å²) in [6, 6.07) is 0. The Morgan fingerprint density at radius 2 is 2.06 bits per heavy atom. The third-order valence-corrected chi connectivity index (χ3v) is 3.19. The van der Waals surface area contributed by atoms with Gasteiger partial charge in [0.25, 0.3) is 0 Å². The number of nitrogens with zero attached hydrogens (tertiary/aromatic N) is 1. The van der Waals surface area contributed by atoms with Crippen LogP contribution in [0.3, 0.4) is 0 Å². The van der Waals surface area contributed by atoms with Crippen LogP contribution in [0.1, 0.15) is 26.7 Å². The molecule has 1 heterocycles. The maximum absolute atomic E-state index is 11.8. The Balaban J connectivity index is 2.17. The van der Waals surface area contributed by atoms with Crippen LogP contribution >= 0.6 is 0 Å². The molecule has 0 radical (unpaired) electrons. The van der Waals surface area contributed by atoms with E-state index in [-0.39, 0.29) is 18.6 Å². The highest BCUT2D eigenvalue weighted by Gasteiger charge is 2.61. The van der Waals surface area contributed by atoms with Gasteiger partial charge in [-0.3, -0.25) is 9.59 Å². The van der Waals surface area contributed by atoms with Gasteiger partial charge in [0, 0.05) is 0 Å². The minimum Gasteiger partial charge on any atom is -0.480 e. The summed E-state index contributed by atoms with van der Waals surface area (Å²) in [5.41, 5.74) is -2.91. The molecule has 7 nitrogen and oxygen atoms in total. The Hall–Kier alpha value is -1.92. The van der Waals surface area contributed by atoms with Crippen LogP contribution in [0.2, 0.25) is 0 Å². The van der Waals surface area contributed by atoms with E-state index in [4.69, 9.17) is 9.84 Å². The molecule has 0 bridgehead atoms. The van der Waals surface area contributed by atoms with Crippen molar-refractivity contribution in [3.05, 3.63) is 0 Å².